The maximum absolute atomic E-state index is 13.5. The van der Waals surface area contributed by atoms with Gasteiger partial charge in [0.05, 0.1) is 35.4 Å². The highest BCUT2D eigenvalue weighted by Crippen LogP contribution is 2.54. The minimum atomic E-state index is -3.34. The van der Waals surface area contributed by atoms with Crippen LogP contribution in [0, 0.1) is 0 Å². The summed E-state index contributed by atoms with van der Waals surface area (Å²) in [7, 11) is -3.34. The minimum Gasteiger partial charge on any atom is -0.366 e. The first-order chi connectivity index (χ1) is 20.7. The fourth-order valence-electron chi connectivity index (χ4n) is 4.71. The van der Waals surface area contributed by atoms with Gasteiger partial charge in [0, 0.05) is 23.7 Å². The topological polar surface area (TPSA) is 130 Å². The summed E-state index contributed by atoms with van der Waals surface area (Å²) in [5.74, 6) is -0.431. The van der Waals surface area contributed by atoms with Gasteiger partial charge in [0.2, 0.25) is 5.28 Å². The fourth-order valence-corrected chi connectivity index (χ4v) is 8.67. The molecule has 3 heterocycles. The van der Waals surface area contributed by atoms with Crippen LogP contribution in [0.3, 0.4) is 0 Å². The van der Waals surface area contributed by atoms with E-state index in [-0.39, 0.29) is 16.9 Å². The summed E-state index contributed by atoms with van der Waals surface area (Å²) in [6.07, 6.45) is 2.25. The number of aliphatic hydroxyl groups is 1. The Labute approximate surface area is 273 Å². The van der Waals surface area contributed by atoms with Crippen LogP contribution in [0.2, 0.25) is 10.3 Å². The average Bonchev–Trinajstić information content (AvgIpc) is 3.49. The van der Waals surface area contributed by atoms with Crippen LogP contribution in [0.1, 0.15) is 72.6 Å². The maximum atomic E-state index is 13.5. The number of hydrogen-bond donors (Lipinski definition) is 2. The lowest BCUT2D eigenvalue weighted by molar-refractivity contribution is -0.223. The van der Waals surface area contributed by atoms with E-state index in [4.69, 9.17) is 41.7 Å². The first kappa shape index (κ1) is 35.4. The van der Waals surface area contributed by atoms with Gasteiger partial charge in [-0.1, -0.05) is 43.1 Å². The first-order valence-corrected chi connectivity index (χ1v) is 18.3. The Morgan fingerprint density at radius 3 is 2.64 bits per heavy atom. The van der Waals surface area contributed by atoms with Gasteiger partial charge in [-0.05, 0) is 64.3 Å². The molecular formula is C29H42Cl2N5O6PS. The second-order valence-electron chi connectivity index (χ2n) is 12.1. The van der Waals surface area contributed by atoms with Crippen LogP contribution >= 0.6 is 42.6 Å². The third-order valence-corrected chi connectivity index (χ3v) is 11.0. The molecule has 1 saturated heterocycles. The standard InChI is InChI=1S/C29H42Cl2N5O6PS/c1-7-8-13-39-43(38,42-28(2,3)4)18-44-17-20-14-23(41-29(5,6)37)26(40-20)36-25-21(16-33-36)24(34-27(31)35-25)32-15-19-11-9-10-12-22(19)30/h9-12,16,20,23,26,37H,7-8,13-15,17-18H2,1-6H3,(H,32,34,35)/t20-,23+,26+,43?/m0/s1. The Morgan fingerprint density at radius 2 is 1.95 bits per heavy atom. The third-order valence-electron chi connectivity index (χ3n) is 6.41. The number of nitrogens with one attached hydrogen (secondary N) is 1. The molecule has 244 valence electrons. The molecule has 15 heteroatoms. The highest BCUT2D eigenvalue weighted by atomic mass is 35.5. The summed E-state index contributed by atoms with van der Waals surface area (Å²) >= 11 is 14.1. The van der Waals surface area contributed by atoms with Crippen molar-refractivity contribution in [3.8, 4) is 0 Å². The van der Waals surface area contributed by atoms with Crippen molar-refractivity contribution in [2.24, 2.45) is 0 Å². The Balaban J connectivity index is 1.51. The van der Waals surface area contributed by atoms with E-state index in [9.17, 15) is 9.67 Å². The molecule has 1 aliphatic rings. The highest BCUT2D eigenvalue weighted by molar-refractivity contribution is 8.04. The van der Waals surface area contributed by atoms with E-state index in [2.05, 4.69) is 27.3 Å². The zero-order valence-electron chi connectivity index (χ0n) is 26.0. The Morgan fingerprint density at radius 1 is 1.20 bits per heavy atom. The van der Waals surface area contributed by atoms with Crippen molar-refractivity contribution in [2.75, 3.05) is 23.2 Å². The van der Waals surface area contributed by atoms with E-state index < -0.39 is 31.3 Å². The van der Waals surface area contributed by atoms with Gasteiger partial charge in [-0.3, -0.25) is 4.57 Å². The van der Waals surface area contributed by atoms with Crippen molar-refractivity contribution >= 4 is 59.4 Å². The maximum Gasteiger partial charge on any atom is 0.340 e. The molecule has 0 saturated carbocycles. The van der Waals surface area contributed by atoms with E-state index in [0.717, 1.165) is 18.4 Å². The number of benzene rings is 1. The zero-order chi connectivity index (χ0) is 32.1. The molecule has 4 atom stereocenters. The van der Waals surface area contributed by atoms with E-state index in [1.54, 1.807) is 24.7 Å². The molecule has 0 amide bonds. The van der Waals surface area contributed by atoms with E-state index in [1.807, 2.05) is 45.0 Å². The summed E-state index contributed by atoms with van der Waals surface area (Å²) in [4.78, 5) is 8.82. The molecule has 0 spiro atoms. The summed E-state index contributed by atoms with van der Waals surface area (Å²) < 4.78 is 39.3. The summed E-state index contributed by atoms with van der Waals surface area (Å²) in [5, 5.41) is 19.7. The predicted octanol–water partition coefficient (Wildman–Crippen LogP) is 7.66. The molecule has 11 nitrogen and oxygen atoms in total. The number of rotatable bonds is 15. The van der Waals surface area contributed by atoms with Gasteiger partial charge in [-0.2, -0.15) is 15.1 Å². The number of anilines is 1. The zero-order valence-corrected chi connectivity index (χ0v) is 29.2. The molecular weight excluding hydrogens is 648 g/mol. The van der Waals surface area contributed by atoms with E-state index in [1.165, 1.54) is 11.8 Å². The van der Waals surface area contributed by atoms with Gasteiger partial charge in [0.15, 0.2) is 17.7 Å². The van der Waals surface area contributed by atoms with Crippen molar-refractivity contribution in [1.82, 2.24) is 19.7 Å². The number of fused-ring (bicyclic) bond motifs is 1. The first-order valence-electron chi connectivity index (χ1n) is 14.6. The Hall–Kier alpha value is -1.47. The quantitative estimate of drug-likeness (QED) is 0.0706. The molecule has 44 heavy (non-hydrogen) atoms. The van der Waals surface area contributed by atoms with Gasteiger partial charge in [0.25, 0.3) is 0 Å². The lowest BCUT2D eigenvalue weighted by Gasteiger charge is -2.27. The van der Waals surface area contributed by atoms with Crippen molar-refractivity contribution in [3.05, 3.63) is 46.3 Å². The van der Waals surface area contributed by atoms with Crippen LogP contribution in [-0.4, -0.2) is 66.3 Å². The molecule has 2 N–H and O–H groups in total. The van der Waals surface area contributed by atoms with Crippen LogP contribution in [-0.2, 0) is 29.6 Å². The van der Waals surface area contributed by atoms with Gasteiger partial charge in [-0.15, -0.1) is 11.8 Å². The van der Waals surface area contributed by atoms with E-state index >= 15 is 0 Å². The molecule has 0 radical (unpaired) electrons. The summed E-state index contributed by atoms with van der Waals surface area (Å²) in [5.41, 5.74) is 0.912. The molecule has 0 bridgehead atoms. The second-order valence-corrected chi connectivity index (χ2v) is 16.3. The van der Waals surface area contributed by atoms with Crippen LogP contribution < -0.4 is 5.32 Å². The summed E-state index contributed by atoms with van der Waals surface area (Å²) in [6.45, 7) is 11.6. The average molecular weight is 691 g/mol. The monoisotopic (exact) mass is 689 g/mol. The number of ether oxygens (including phenoxy) is 2. The number of hydrogen-bond acceptors (Lipinski definition) is 11. The molecule has 1 aromatic carbocycles. The van der Waals surface area contributed by atoms with Crippen molar-refractivity contribution in [1.29, 1.82) is 0 Å². The molecule has 4 rings (SSSR count). The summed E-state index contributed by atoms with van der Waals surface area (Å²) in [6, 6.07) is 7.53. The van der Waals surface area contributed by atoms with Gasteiger partial charge < -0.3 is 28.9 Å². The molecule has 1 aliphatic heterocycles. The SMILES string of the molecule is CCCCOP(=O)(CSC[C@@H]1C[C@@H](OC(C)(C)O)[C@H](n2ncc3c(NCc4ccccc4Cl)nc(Cl)nc32)O1)OC(C)(C)C. The smallest absolute Gasteiger partial charge is 0.340 e. The lowest BCUT2D eigenvalue weighted by atomic mass is 10.2. The number of aromatic nitrogens is 4. The largest absolute Gasteiger partial charge is 0.366 e. The van der Waals surface area contributed by atoms with E-state index in [0.29, 0.717) is 47.2 Å². The molecule has 0 aliphatic carbocycles. The highest BCUT2D eigenvalue weighted by Gasteiger charge is 2.42. The number of thioether (sulfide) groups is 1. The van der Waals surface area contributed by atoms with Crippen LogP contribution in [0.4, 0.5) is 5.82 Å². The fraction of sp³-hybridized carbons (Fsp3) is 0.621. The number of nitrogens with zero attached hydrogens (tertiary/aromatic N) is 4. The second kappa shape index (κ2) is 15.0. The normalized spacial score (nSPS) is 20.7. The third kappa shape index (κ3) is 10.0. The van der Waals surface area contributed by atoms with Crippen LogP contribution in [0.15, 0.2) is 30.5 Å². The van der Waals surface area contributed by atoms with Gasteiger partial charge >= 0.3 is 7.60 Å². The van der Waals surface area contributed by atoms with Crippen molar-refractivity contribution in [3.63, 3.8) is 0 Å². The van der Waals surface area contributed by atoms with Crippen LogP contribution in [0.5, 0.6) is 0 Å². The minimum absolute atomic E-state index is 0.0311. The molecule has 1 fully saturated rings. The number of halogens is 2. The molecule has 1 unspecified atom stereocenters. The van der Waals surface area contributed by atoms with Gasteiger partial charge in [0.1, 0.15) is 11.9 Å². The molecule has 3 aromatic rings. The Bertz CT molecular complexity index is 1450. The van der Waals surface area contributed by atoms with Crippen molar-refractivity contribution < 1.29 is 28.2 Å². The molecule has 2 aromatic heterocycles. The van der Waals surface area contributed by atoms with Gasteiger partial charge in [-0.25, -0.2) is 4.68 Å². The lowest BCUT2D eigenvalue weighted by Crippen LogP contribution is -2.34. The van der Waals surface area contributed by atoms with Crippen molar-refractivity contribution in [2.45, 2.75) is 97.2 Å². The predicted molar refractivity (Wildman–Crippen MR) is 175 cm³/mol. The van der Waals surface area contributed by atoms with Crippen LogP contribution in [0.25, 0.3) is 11.0 Å². The Kier molecular flexibility index (Phi) is 12.0. The number of unbranched alkanes of at least 4 members (excludes halogenated alkanes) is 1.